The van der Waals surface area contributed by atoms with E-state index in [0.29, 0.717) is 12.0 Å². The smallest absolute Gasteiger partial charge is 0.221 e. The molecule has 6 nitrogen and oxygen atoms in total. The maximum Gasteiger partial charge on any atom is 0.221 e. The molecule has 1 aromatic heterocycles. The lowest BCUT2D eigenvalue weighted by atomic mass is 9.89. The molecule has 148 valence electrons. The van der Waals surface area contributed by atoms with Crippen molar-refractivity contribution in [1.29, 1.82) is 0 Å². The Balaban J connectivity index is 1.58. The summed E-state index contributed by atoms with van der Waals surface area (Å²) in [4.78, 5) is 23.5. The molecule has 1 aromatic carbocycles. The lowest BCUT2D eigenvalue weighted by Gasteiger charge is -2.40. The quantitative estimate of drug-likeness (QED) is 0.880. The van der Waals surface area contributed by atoms with Gasteiger partial charge in [-0.2, -0.15) is 0 Å². The summed E-state index contributed by atoms with van der Waals surface area (Å²) in [5, 5.41) is 2.86. The van der Waals surface area contributed by atoms with Crippen LogP contribution in [-0.2, 0) is 9.53 Å². The van der Waals surface area contributed by atoms with Crippen LogP contribution in [0, 0.1) is 0 Å². The topological polar surface area (TPSA) is 67.4 Å². The second kappa shape index (κ2) is 8.80. The Morgan fingerprint density at radius 3 is 2.82 bits per heavy atom. The molecule has 2 aliphatic heterocycles. The van der Waals surface area contributed by atoms with Crippen molar-refractivity contribution in [3.63, 3.8) is 0 Å². The summed E-state index contributed by atoms with van der Waals surface area (Å²) in [6.07, 6.45) is 8.12. The maximum atomic E-state index is 11.4. The number of likely N-dealkylation sites (tertiary alicyclic amines) is 1. The molecule has 1 amide bonds. The number of piperidine rings is 1. The van der Waals surface area contributed by atoms with Crippen molar-refractivity contribution in [3.05, 3.63) is 42.4 Å². The van der Waals surface area contributed by atoms with Gasteiger partial charge in [-0.15, -0.1) is 0 Å². The zero-order chi connectivity index (χ0) is 19.3. The van der Waals surface area contributed by atoms with Crippen molar-refractivity contribution in [2.24, 2.45) is 0 Å². The monoisotopic (exact) mass is 380 g/mol. The lowest BCUT2D eigenvalue weighted by Crippen LogP contribution is -2.44. The van der Waals surface area contributed by atoms with E-state index >= 15 is 0 Å². The molecule has 0 radical (unpaired) electrons. The first-order chi connectivity index (χ1) is 13.7. The van der Waals surface area contributed by atoms with Crippen LogP contribution < -0.4 is 5.32 Å². The molecule has 2 aromatic rings. The molecule has 2 aliphatic rings. The van der Waals surface area contributed by atoms with Gasteiger partial charge in [-0.3, -0.25) is 19.7 Å². The third-order valence-corrected chi connectivity index (χ3v) is 5.73. The van der Waals surface area contributed by atoms with Crippen LogP contribution in [0.4, 0.5) is 5.69 Å². The average Bonchev–Trinajstić information content (AvgIpc) is 2.74. The van der Waals surface area contributed by atoms with Crippen molar-refractivity contribution in [2.45, 2.75) is 44.6 Å². The highest BCUT2D eigenvalue weighted by molar-refractivity contribution is 5.89. The number of anilines is 1. The van der Waals surface area contributed by atoms with Crippen LogP contribution >= 0.6 is 0 Å². The number of rotatable bonds is 4. The Hall–Kier alpha value is -2.31. The Kier molecular flexibility index (Phi) is 5.98. The Morgan fingerprint density at radius 2 is 2.00 bits per heavy atom. The first-order valence-corrected chi connectivity index (χ1v) is 10.2. The molecular weight excluding hydrogens is 352 g/mol. The zero-order valence-electron chi connectivity index (χ0n) is 16.4. The van der Waals surface area contributed by atoms with E-state index in [1.54, 1.807) is 12.4 Å². The Labute approximate surface area is 166 Å². The van der Waals surface area contributed by atoms with Crippen molar-refractivity contribution in [3.8, 4) is 11.3 Å². The van der Waals surface area contributed by atoms with Crippen molar-refractivity contribution in [2.75, 3.05) is 31.6 Å². The summed E-state index contributed by atoms with van der Waals surface area (Å²) < 4.78 is 5.54. The summed E-state index contributed by atoms with van der Waals surface area (Å²) in [7, 11) is 0. The van der Waals surface area contributed by atoms with Gasteiger partial charge < -0.3 is 10.1 Å². The van der Waals surface area contributed by atoms with Gasteiger partial charge in [0.1, 0.15) is 0 Å². The summed E-state index contributed by atoms with van der Waals surface area (Å²) >= 11 is 0. The molecule has 1 atom stereocenters. The number of nitrogens with zero attached hydrogens (tertiary/aromatic N) is 3. The summed E-state index contributed by atoms with van der Waals surface area (Å²) in [5.41, 5.74) is 3.78. The van der Waals surface area contributed by atoms with Gasteiger partial charge in [0.2, 0.25) is 5.91 Å². The molecule has 0 saturated carbocycles. The van der Waals surface area contributed by atoms with Crippen LogP contribution in [0.2, 0.25) is 0 Å². The minimum absolute atomic E-state index is 0.0732. The van der Waals surface area contributed by atoms with E-state index in [9.17, 15) is 4.79 Å². The number of benzene rings is 1. The Morgan fingerprint density at radius 1 is 1.18 bits per heavy atom. The molecule has 6 heteroatoms. The molecular formula is C22H28N4O2. The van der Waals surface area contributed by atoms with Crippen LogP contribution in [0.15, 0.2) is 36.7 Å². The van der Waals surface area contributed by atoms with E-state index in [1.165, 1.54) is 13.3 Å². The molecule has 1 N–H and O–H groups in total. The van der Waals surface area contributed by atoms with Gasteiger partial charge >= 0.3 is 0 Å². The van der Waals surface area contributed by atoms with Gasteiger partial charge in [-0.25, -0.2) is 0 Å². The average molecular weight is 380 g/mol. The minimum Gasteiger partial charge on any atom is -0.381 e. The number of nitrogens with one attached hydrogen (secondary N) is 1. The third kappa shape index (κ3) is 4.39. The molecule has 0 bridgehead atoms. The van der Waals surface area contributed by atoms with Crippen LogP contribution in [0.5, 0.6) is 0 Å². The zero-order valence-corrected chi connectivity index (χ0v) is 16.4. The molecule has 0 aliphatic carbocycles. The van der Waals surface area contributed by atoms with Gasteiger partial charge in [0.15, 0.2) is 0 Å². The van der Waals surface area contributed by atoms with E-state index in [0.717, 1.165) is 68.2 Å². The molecule has 0 spiro atoms. The number of hydrogen-bond donors (Lipinski definition) is 1. The number of hydrogen-bond acceptors (Lipinski definition) is 5. The van der Waals surface area contributed by atoms with Crippen molar-refractivity contribution >= 4 is 11.6 Å². The van der Waals surface area contributed by atoms with Gasteiger partial charge in [0.25, 0.3) is 0 Å². The van der Waals surface area contributed by atoms with Crippen molar-refractivity contribution < 1.29 is 9.53 Å². The van der Waals surface area contributed by atoms with Gasteiger partial charge in [-0.05, 0) is 44.4 Å². The highest BCUT2D eigenvalue weighted by Crippen LogP contribution is 2.34. The normalized spacial score (nSPS) is 21.4. The van der Waals surface area contributed by atoms with Crippen LogP contribution in [0.1, 0.15) is 44.2 Å². The highest BCUT2D eigenvalue weighted by atomic mass is 16.5. The second-order valence-electron chi connectivity index (χ2n) is 7.73. The maximum absolute atomic E-state index is 11.4. The molecule has 3 heterocycles. The fourth-order valence-electron chi connectivity index (χ4n) is 4.43. The van der Waals surface area contributed by atoms with E-state index < -0.39 is 0 Å². The van der Waals surface area contributed by atoms with E-state index in [1.807, 2.05) is 24.3 Å². The minimum atomic E-state index is -0.0732. The fraction of sp³-hybridized carbons (Fsp3) is 0.500. The van der Waals surface area contributed by atoms with E-state index in [4.69, 9.17) is 9.72 Å². The standard InChI is InChI=1S/C22H28N4O2/c1-16(27)25-19-6-2-4-17(14-19)21-22(24-10-9-23-21)18-5-3-11-26(15-18)20-7-12-28-13-8-20/h2,4,6,9-10,14,18,20H,3,5,7-8,11-13,15H2,1H3,(H,25,27)/t18-/m0/s1. The first kappa shape index (κ1) is 19.0. The van der Waals surface area contributed by atoms with Gasteiger partial charge in [0, 0.05) is 62.3 Å². The number of carbonyl (C=O) groups excluding carboxylic acids is 1. The summed E-state index contributed by atoms with van der Waals surface area (Å²) in [6, 6.07) is 8.49. The highest BCUT2D eigenvalue weighted by Gasteiger charge is 2.30. The molecule has 0 unspecified atom stereocenters. The molecule has 4 rings (SSSR count). The first-order valence-electron chi connectivity index (χ1n) is 10.2. The van der Waals surface area contributed by atoms with Gasteiger partial charge in [0.05, 0.1) is 11.4 Å². The SMILES string of the molecule is CC(=O)Nc1cccc(-c2nccnc2[C@H]2CCCN(C3CCOCC3)C2)c1. The third-order valence-electron chi connectivity index (χ3n) is 5.73. The second-order valence-corrected chi connectivity index (χ2v) is 7.73. The Bertz CT molecular complexity index is 820. The molecule has 2 fully saturated rings. The van der Waals surface area contributed by atoms with E-state index in [-0.39, 0.29) is 5.91 Å². The van der Waals surface area contributed by atoms with Crippen LogP contribution in [0.25, 0.3) is 11.3 Å². The number of ether oxygens (including phenoxy) is 1. The number of carbonyl (C=O) groups is 1. The number of amides is 1. The van der Waals surface area contributed by atoms with Gasteiger partial charge in [-0.1, -0.05) is 12.1 Å². The largest absolute Gasteiger partial charge is 0.381 e. The summed E-state index contributed by atoms with van der Waals surface area (Å²) in [5.74, 6) is 0.306. The van der Waals surface area contributed by atoms with E-state index in [2.05, 4.69) is 15.2 Å². The molecule has 28 heavy (non-hydrogen) atoms. The van der Waals surface area contributed by atoms with Crippen LogP contribution in [0.3, 0.4) is 0 Å². The summed E-state index contributed by atoms with van der Waals surface area (Å²) in [6.45, 7) is 5.46. The van der Waals surface area contributed by atoms with Crippen molar-refractivity contribution in [1.82, 2.24) is 14.9 Å². The lowest BCUT2D eigenvalue weighted by molar-refractivity contribution is -0.114. The van der Waals surface area contributed by atoms with Crippen LogP contribution in [-0.4, -0.2) is 53.1 Å². The predicted octanol–water partition coefficient (Wildman–Crippen LogP) is 3.46. The molecule has 2 saturated heterocycles. The predicted molar refractivity (Wildman–Crippen MR) is 109 cm³/mol. The number of aromatic nitrogens is 2. The fourth-order valence-corrected chi connectivity index (χ4v) is 4.43.